The van der Waals surface area contributed by atoms with Crippen LogP contribution in [0.1, 0.15) is 75.2 Å². The Morgan fingerprint density at radius 3 is 2.08 bits per heavy atom. The van der Waals surface area contributed by atoms with Crippen molar-refractivity contribution in [1.82, 2.24) is 0 Å². The van der Waals surface area contributed by atoms with Gasteiger partial charge in [-0.15, -0.1) is 0 Å². The molecule has 0 amide bonds. The molecule has 2 aromatic carbocycles. The molecule has 1 N–H and O–H groups in total. The number of hydrogen-bond donors (Lipinski definition) is 1. The minimum Gasteiger partial charge on any atom is -0.543 e. The first-order valence-corrected chi connectivity index (χ1v) is 16.5. The van der Waals surface area contributed by atoms with Crippen LogP contribution in [0.15, 0.2) is 46.9 Å². The van der Waals surface area contributed by atoms with Crippen molar-refractivity contribution < 1.29 is 18.7 Å². The number of carbonyl (C=O) groups is 1. The third-order valence-electron chi connectivity index (χ3n) is 9.81. The van der Waals surface area contributed by atoms with Crippen LogP contribution >= 0.6 is 0 Å². The van der Waals surface area contributed by atoms with E-state index in [4.69, 9.17) is 8.84 Å². The molecule has 36 heavy (non-hydrogen) atoms. The predicted octanol–water partition coefficient (Wildman–Crippen LogP) is 8.65. The van der Waals surface area contributed by atoms with E-state index in [1.54, 1.807) is 12.1 Å². The van der Waals surface area contributed by atoms with E-state index in [-0.39, 0.29) is 10.5 Å². The van der Waals surface area contributed by atoms with Gasteiger partial charge in [-0.05, 0) is 98.7 Å². The number of fused-ring (bicyclic) bond motifs is 1. The topological polar surface area (TPSA) is 59.7 Å². The van der Waals surface area contributed by atoms with E-state index >= 15 is 0 Å². The standard InChI is InChI=1S/C31H38O4Si/c1-30(2,3)36(4,5)35-25-8-6-7-24-26(25)27(28(34-24)22-9-11-23(12-10-22)29(32)33)31-16-19-13-20(17-31)15-21(14-19)18-31/h6-12,19-21H,13-18H2,1-5H3,(H,32,33). The Hall–Kier alpha value is -2.53. The van der Waals surface area contributed by atoms with Gasteiger partial charge in [0.25, 0.3) is 8.32 Å². The van der Waals surface area contributed by atoms with Crippen molar-refractivity contribution in [3.05, 3.63) is 53.6 Å². The second kappa shape index (κ2) is 7.98. The molecule has 0 saturated heterocycles. The Morgan fingerprint density at radius 2 is 1.56 bits per heavy atom. The third kappa shape index (κ3) is 3.73. The SMILES string of the molecule is CC(C)(C)[Si](C)(C)Oc1cccc2oc(-c3ccc(C(=O)O)cc3)c(C34CC5CC(CC(C5)C3)C4)c12. The van der Waals surface area contributed by atoms with E-state index in [9.17, 15) is 9.90 Å². The first kappa shape index (κ1) is 23.8. The molecular weight excluding hydrogens is 464 g/mol. The fourth-order valence-corrected chi connectivity index (χ4v) is 8.55. The molecule has 0 spiro atoms. The number of benzene rings is 2. The van der Waals surface area contributed by atoms with E-state index < -0.39 is 14.3 Å². The summed E-state index contributed by atoms with van der Waals surface area (Å²) in [6.45, 7) is 11.5. The Morgan fingerprint density at radius 1 is 0.972 bits per heavy atom. The van der Waals surface area contributed by atoms with Gasteiger partial charge in [0.2, 0.25) is 0 Å². The zero-order chi connectivity index (χ0) is 25.5. The zero-order valence-electron chi connectivity index (χ0n) is 22.2. The van der Waals surface area contributed by atoms with Crippen molar-refractivity contribution in [2.75, 3.05) is 0 Å². The van der Waals surface area contributed by atoms with Gasteiger partial charge in [0.15, 0.2) is 0 Å². The van der Waals surface area contributed by atoms with Crippen molar-refractivity contribution in [3.8, 4) is 17.1 Å². The third-order valence-corrected chi connectivity index (χ3v) is 14.2. The van der Waals surface area contributed by atoms with E-state index in [0.717, 1.165) is 45.8 Å². The summed E-state index contributed by atoms with van der Waals surface area (Å²) in [6.07, 6.45) is 7.81. The highest BCUT2D eigenvalue weighted by Gasteiger charge is 2.54. The molecule has 0 radical (unpaired) electrons. The van der Waals surface area contributed by atoms with Crippen LogP contribution in [0.4, 0.5) is 0 Å². The lowest BCUT2D eigenvalue weighted by atomic mass is 9.47. The Bertz CT molecular complexity index is 1290. The summed E-state index contributed by atoms with van der Waals surface area (Å²) in [5.41, 5.74) is 3.57. The molecule has 5 heteroatoms. The second-order valence-corrected chi connectivity index (χ2v) is 18.1. The fraction of sp³-hybridized carbons (Fsp3) is 0.516. The highest BCUT2D eigenvalue weighted by atomic mass is 28.4. The largest absolute Gasteiger partial charge is 0.543 e. The van der Waals surface area contributed by atoms with Gasteiger partial charge >= 0.3 is 5.97 Å². The monoisotopic (exact) mass is 502 g/mol. The molecule has 4 fully saturated rings. The molecule has 7 rings (SSSR count). The maximum atomic E-state index is 11.5. The van der Waals surface area contributed by atoms with Gasteiger partial charge in [-0.2, -0.15) is 0 Å². The first-order valence-electron chi connectivity index (χ1n) is 13.5. The molecule has 4 aliphatic carbocycles. The minimum absolute atomic E-state index is 0.0925. The van der Waals surface area contributed by atoms with Crippen LogP contribution in [0.3, 0.4) is 0 Å². The smallest absolute Gasteiger partial charge is 0.335 e. The van der Waals surface area contributed by atoms with Crippen LogP contribution in [0, 0.1) is 17.8 Å². The van der Waals surface area contributed by atoms with Gasteiger partial charge < -0.3 is 13.9 Å². The number of hydrogen-bond acceptors (Lipinski definition) is 3. The molecule has 3 aromatic rings. The van der Waals surface area contributed by atoms with E-state index in [0.29, 0.717) is 5.56 Å². The van der Waals surface area contributed by atoms with E-state index in [1.165, 1.54) is 44.1 Å². The molecule has 4 aliphatic rings. The Balaban J connectivity index is 1.58. The second-order valence-electron chi connectivity index (χ2n) is 13.4. The van der Waals surface area contributed by atoms with Crippen molar-refractivity contribution >= 4 is 25.3 Å². The lowest BCUT2D eigenvalue weighted by molar-refractivity contribution is -0.00453. The zero-order valence-corrected chi connectivity index (χ0v) is 23.2. The van der Waals surface area contributed by atoms with Crippen molar-refractivity contribution in [1.29, 1.82) is 0 Å². The summed E-state index contributed by atoms with van der Waals surface area (Å²) in [6, 6.07) is 13.5. The molecule has 4 saturated carbocycles. The summed E-state index contributed by atoms with van der Waals surface area (Å²) in [5.74, 6) is 3.38. The average molecular weight is 503 g/mol. The number of rotatable bonds is 5. The van der Waals surface area contributed by atoms with Gasteiger partial charge in [0, 0.05) is 16.5 Å². The number of aromatic carboxylic acids is 1. The number of carboxylic acids is 1. The molecule has 1 aromatic heterocycles. The number of furan rings is 1. The minimum atomic E-state index is -2.07. The van der Waals surface area contributed by atoms with Crippen LogP contribution in [0.25, 0.3) is 22.3 Å². The summed E-state index contributed by atoms with van der Waals surface area (Å²) >= 11 is 0. The van der Waals surface area contributed by atoms with Crippen molar-refractivity contribution in [2.45, 2.75) is 82.8 Å². The fourth-order valence-electron chi connectivity index (χ4n) is 7.52. The maximum Gasteiger partial charge on any atom is 0.335 e. The van der Waals surface area contributed by atoms with Gasteiger partial charge in [-0.1, -0.05) is 39.0 Å². The van der Waals surface area contributed by atoms with Gasteiger partial charge in [-0.3, -0.25) is 0 Å². The van der Waals surface area contributed by atoms with Gasteiger partial charge in [0.05, 0.1) is 10.9 Å². The molecule has 0 atom stereocenters. The summed E-state index contributed by atoms with van der Waals surface area (Å²) in [4.78, 5) is 11.5. The van der Waals surface area contributed by atoms with E-state index in [1.807, 2.05) is 12.1 Å². The highest BCUT2D eigenvalue weighted by molar-refractivity contribution is 6.74. The molecule has 4 nitrogen and oxygen atoms in total. The highest BCUT2D eigenvalue weighted by Crippen LogP contribution is 2.63. The average Bonchev–Trinajstić information content (AvgIpc) is 3.19. The van der Waals surface area contributed by atoms with Crippen LogP contribution in [-0.4, -0.2) is 19.4 Å². The van der Waals surface area contributed by atoms with Crippen LogP contribution < -0.4 is 4.43 Å². The predicted molar refractivity (Wildman–Crippen MR) is 146 cm³/mol. The lowest BCUT2D eigenvalue weighted by Crippen LogP contribution is -2.48. The maximum absolute atomic E-state index is 11.5. The quantitative estimate of drug-likeness (QED) is 0.355. The first-order chi connectivity index (χ1) is 17.0. The molecular formula is C31H38O4Si. The van der Waals surface area contributed by atoms with Gasteiger partial charge in [0.1, 0.15) is 17.1 Å². The van der Waals surface area contributed by atoms with Gasteiger partial charge in [-0.25, -0.2) is 4.79 Å². The number of carboxylic acid groups (broad SMARTS) is 1. The van der Waals surface area contributed by atoms with Crippen LogP contribution in [-0.2, 0) is 5.41 Å². The summed E-state index contributed by atoms with van der Waals surface area (Å²) < 4.78 is 13.7. The Labute approximate surface area is 215 Å². The van der Waals surface area contributed by atoms with E-state index in [2.05, 4.69) is 52.1 Å². The molecule has 1 heterocycles. The van der Waals surface area contributed by atoms with Crippen molar-refractivity contribution in [2.24, 2.45) is 17.8 Å². The summed E-state index contributed by atoms with van der Waals surface area (Å²) in [7, 11) is -2.07. The lowest BCUT2D eigenvalue weighted by Gasteiger charge is -2.57. The van der Waals surface area contributed by atoms with Crippen molar-refractivity contribution in [3.63, 3.8) is 0 Å². The normalized spacial score (nSPS) is 27.5. The summed E-state index contributed by atoms with van der Waals surface area (Å²) in [5, 5.41) is 10.7. The molecule has 0 unspecified atom stereocenters. The van der Waals surface area contributed by atoms with Crippen LogP contribution in [0.2, 0.25) is 18.1 Å². The molecule has 190 valence electrons. The molecule has 0 aliphatic heterocycles. The van der Waals surface area contributed by atoms with Crippen LogP contribution in [0.5, 0.6) is 5.75 Å². The Kier molecular flexibility index (Phi) is 5.29. The molecule has 4 bridgehead atoms.